The lowest BCUT2D eigenvalue weighted by molar-refractivity contribution is 0.107. The van der Waals surface area contributed by atoms with Gasteiger partial charge in [0.15, 0.2) is 6.29 Å². The summed E-state index contributed by atoms with van der Waals surface area (Å²) in [7, 11) is 1.60. The van der Waals surface area contributed by atoms with Gasteiger partial charge in [-0.2, -0.15) is 0 Å². The summed E-state index contributed by atoms with van der Waals surface area (Å²) in [5.41, 5.74) is 0.697. The Morgan fingerprint density at radius 3 is 2.76 bits per heavy atom. The van der Waals surface area contributed by atoms with E-state index in [0.29, 0.717) is 42.8 Å². The van der Waals surface area contributed by atoms with Crippen LogP contribution in [0.1, 0.15) is 27.1 Å². The van der Waals surface area contributed by atoms with Gasteiger partial charge in [0.2, 0.25) is 0 Å². The maximum absolute atomic E-state index is 11.0. The quantitative estimate of drug-likeness (QED) is 0.427. The molecule has 1 rings (SSSR count). The number of rotatable bonds is 7. The maximum atomic E-state index is 11.0. The molecule has 17 heavy (non-hydrogen) atoms. The Hall–Kier alpha value is -1.39. The third-order valence-electron chi connectivity index (χ3n) is 2.12. The standard InChI is InChI=1S/C12H13ClO4/c1-16-5-2-6-17-11-7-9(12(13)15)3-4-10(11)8-14/h3-4,7-8H,2,5-6H2,1H3. The first-order chi connectivity index (χ1) is 8.19. The average Bonchev–Trinajstić information content (AvgIpc) is 2.34. The minimum absolute atomic E-state index is 0.305. The van der Waals surface area contributed by atoms with Gasteiger partial charge < -0.3 is 9.47 Å². The Kier molecular flexibility index (Phi) is 5.66. The van der Waals surface area contributed by atoms with E-state index in [9.17, 15) is 9.59 Å². The molecule has 0 fully saturated rings. The summed E-state index contributed by atoms with van der Waals surface area (Å²) in [6, 6.07) is 4.46. The molecule has 0 aromatic heterocycles. The monoisotopic (exact) mass is 256 g/mol. The molecule has 0 aliphatic carbocycles. The number of benzene rings is 1. The molecule has 4 nitrogen and oxygen atoms in total. The highest BCUT2D eigenvalue weighted by Crippen LogP contribution is 2.20. The third-order valence-corrected chi connectivity index (χ3v) is 2.34. The number of ether oxygens (including phenoxy) is 2. The lowest BCUT2D eigenvalue weighted by Crippen LogP contribution is -2.04. The second kappa shape index (κ2) is 7.04. The zero-order valence-electron chi connectivity index (χ0n) is 9.44. The van der Waals surface area contributed by atoms with Crippen LogP contribution in [-0.2, 0) is 4.74 Å². The van der Waals surface area contributed by atoms with E-state index in [0.717, 1.165) is 0 Å². The smallest absolute Gasteiger partial charge is 0.252 e. The highest BCUT2D eigenvalue weighted by Gasteiger charge is 2.08. The zero-order valence-corrected chi connectivity index (χ0v) is 10.2. The van der Waals surface area contributed by atoms with Crippen molar-refractivity contribution in [1.29, 1.82) is 0 Å². The molecule has 5 heteroatoms. The molecule has 0 aliphatic rings. The van der Waals surface area contributed by atoms with Crippen LogP contribution >= 0.6 is 11.6 Å². The second-order valence-electron chi connectivity index (χ2n) is 3.34. The van der Waals surface area contributed by atoms with E-state index in [-0.39, 0.29) is 0 Å². The molecule has 0 atom stereocenters. The normalized spacial score (nSPS) is 10.0. The summed E-state index contributed by atoms with van der Waals surface area (Å²) in [4.78, 5) is 21.7. The number of carbonyl (C=O) groups is 2. The fourth-order valence-electron chi connectivity index (χ4n) is 1.26. The van der Waals surface area contributed by atoms with Crippen molar-refractivity contribution in [2.24, 2.45) is 0 Å². The van der Waals surface area contributed by atoms with Gasteiger partial charge in [-0.25, -0.2) is 0 Å². The van der Waals surface area contributed by atoms with Crippen LogP contribution < -0.4 is 4.74 Å². The van der Waals surface area contributed by atoms with E-state index in [1.54, 1.807) is 7.11 Å². The van der Waals surface area contributed by atoms with Crippen molar-refractivity contribution < 1.29 is 19.1 Å². The van der Waals surface area contributed by atoms with Crippen molar-refractivity contribution in [2.45, 2.75) is 6.42 Å². The largest absolute Gasteiger partial charge is 0.493 e. The van der Waals surface area contributed by atoms with E-state index in [4.69, 9.17) is 21.1 Å². The number of hydrogen-bond acceptors (Lipinski definition) is 4. The molecule has 0 radical (unpaired) electrons. The molecular weight excluding hydrogens is 244 g/mol. The van der Waals surface area contributed by atoms with Crippen LogP contribution in [0.2, 0.25) is 0 Å². The van der Waals surface area contributed by atoms with Crippen molar-refractivity contribution >= 4 is 23.1 Å². The third kappa shape index (κ3) is 4.17. The molecule has 0 bridgehead atoms. The van der Waals surface area contributed by atoms with Gasteiger partial charge in [-0.15, -0.1) is 0 Å². The molecule has 0 aliphatic heterocycles. The second-order valence-corrected chi connectivity index (χ2v) is 3.68. The Balaban J connectivity index is 2.75. The molecular formula is C12H13ClO4. The van der Waals surface area contributed by atoms with Crippen LogP contribution in [0.15, 0.2) is 18.2 Å². The summed E-state index contributed by atoms with van der Waals surface area (Å²) in [6.45, 7) is 0.985. The topological polar surface area (TPSA) is 52.6 Å². The van der Waals surface area contributed by atoms with Crippen LogP contribution in [-0.4, -0.2) is 31.9 Å². The molecule has 0 unspecified atom stereocenters. The summed E-state index contributed by atoms with van der Waals surface area (Å²) >= 11 is 5.35. The lowest BCUT2D eigenvalue weighted by atomic mass is 10.1. The van der Waals surface area contributed by atoms with Crippen molar-refractivity contribution in [3.05, 3.63) is 29.3 Å². The van der Waals surface area contributed by atoms with Crippen LogP contribution in [0.25, 0.3) is 0 Å². The van der Waals surface area contributed by atoms with Gasteiger partial charge in [0.1, 0.15) is 5.75 Å². The maximum Gasteiger partial charge on any atom is 0.252 e. The van der Waals surface area contributed by atoms with Gasteiger partial charge in [0, 0.05) is 25.7 Å². The molecule has 1 aromatic carbocycles. The first-order valence-electron chi connectivity index (χ1n) is 5.10. The minimum atomic E-state index is -0.579. The Morgan fingerprint density at radius 2 is 2.18 bits per heavy atom. The van der Waals surface area contributed by atoms with E-state index >= 15 is 0 Å². The zero-order chi connectivity index (χ0) is 12.7. The number of hydrogen-bond donors (Lipinski definition) is 0. The number of halogens is 1. The van der Waals surface area contributed by atoms with Gasteiger partial charge in [-0.3, -0.25) is 9.59 Å². The van der Waals surface area contributed by atoms with E-state index in [1.807, 2.05) is 0 Å². The number of methoxy groups -OCH3 is 1. The highest BCUT2D eigenvalue weighted by atomic mass is 35.5. The fourth-order valence-corrected chi connectivity index (χ4v) is 1.38. The van der Waals surface area contributed by atoms with Crippen molar-refractivity contribution in [1.82, 2.24) is 0 Å². The van der Waals surface area contributed by atoms with Crippen LogP contribution in [0.3, 0.4) is 0 Å². The summed E-state index contributed by atoms with van der Waals surface area (Å²) in [6.07, 6.45) is 1.38. The van der Waals surface area contributed by atoms with Crippen molar-refractivity contribution in [3.8, 4) is 5.75 Å². The number of carbonyl (C=O) groups excluding carboxylic acids is 2. The van der Waals surface area contributed by atoms with Gasteiger partial charge >= 0.3 is 0 Å². The van der Waals surface area contributed by atoms with Crippen LogP contribution in [0.5, 0.6) is 5.75 Å². The molecule has 92 valence electrons. The first kappa shape index (κ1) is 13.7. The summed E-state index contributed by atoms with van der Waals surface area (Å²) in [5.74, 6) is 0.364. The summed E-state index contributed by atoms with van der Waals surface area (Å²) in [5, 5.41) is -0.579. The Bertz CT molecular complexity index is 403. The average molecular weight is 257 g/mol. The van der Waals surface area contributed by atoms with Gasteiger partial charge in [-0.05, 0) is 29.8 Å². The van der Waals surface area contributed by atoms with Gasteiger partial charge in [0.05, 0.1) is 12.2 Å². The van der Waals surface area contributed by atoms with Gasteiger partial charge in [0.25, 0.3) is 5.24 Å². The molecule has 0 heterocycles. The van der Waals surface area contributed by atoms with Crippen LogP contribution in [0, 0.1) is 0 Å². The highest BCUT2D eigenvalue weighted by molar-refractivity contribution is 6.67. The lowest BCUT2D eigenvalue weighted by Gasteiger charge is -2.08. The molecule has 0 saturated carbocycles. The van der Waals surface area contributed by atoms with E-state index in [1.165, 1.54) is 18.2 Å². The fraction of sp³-hybridized carbons (Fsp3) is 0.333. The molecule has 1 aromatic rings. The first-order valence-corrected chi connectivity index (χ1v) is 5.47. The summed E-state index contributed by atoms with van der Waals surface area (Å²) < 4.78 is 10.3. The van der Waals surface area contributed by atoms with Crippen molar-refractivity contribution in [3.63, 3.8) is 0 Å². The minimum Gasteiger partial charge on any atom is -0.493 e. The predicted octanol–water partition coefficient (Wildman–Crippen LogP) is 2.29. The van der Waals surface area contributed by atoms with Gasteiger partial charge in [-0.1, -0.05) is 0 Å². The van der Waals surface area contributed by atoms with Crippen molar-refractivity contribution in [2.75, 3.05) is 20.3 Å². The van der Waals surface area contributed by atoms with Crippen LogP contribution in [0.4, 0.5) is 0 Å². The molecule has 0 spiro atoms. The SMILES string of the molecule is COCCCOc1cc(C(=O)Cl)ccc1C=O. The Labute approximate surface area is 104 Å². The Morgan fingerprint density at radius 1 is 1.41 bits per heavy atom. The number of aldehydes is 1. The van der Waals surface area contributed by atoms with E-state index in [2.05, 4.69) is 0 Å². The molecule has 0 N–H and O–H groups in total. The van der Waals surface area contributed by atoms with E-state index < -0.39 is 5.24 Å². The predicted molar refractivity (Wildman–Crippen MR) is 64.0 cm³/mol. The molecule has 0 saturated heterocycles. The molecule has 0 amide bonds.